The molecule has 0 heterocycles. The molecule has 2 rings (SSSR count). The van der Waals surface area contributed by atoms with Crippen LogP contribution in [0.1, 0.15) is 36.8 Å². The lowest BCUT2D eigenvalue weighted by Crippen LogP contribution is -2.28. The molecule has 3 heteroatoms. The average Bonchev–Trinajstić information content (AvgIpc) is 2.36. The van der Waals surface area contributed by atoms with Crippen molar-refractivity contribution in [2.45, 2.75) is 51.7 Å². The number of hydrogen-bond donors (Lipinski definition) is 2. The Morgan fingerprint density at radius 1 is 1.17 bits per heavy atom. The van der Waals surface area contributed by atoms with Crippen molar-refractivity contribution in [2.24, 2.45) is 0 Å². The molecule has 1 saturated carbocycles. The van der Waals surface area contributed by atoms with Gasteiger partial charge in [-0.2, -0.15) is 0 Å². The number of benzene rings is 1. The SMILES string of the molecule is COc1c(C)ccc(NC2CCC(O)CC2)c1C. The Bertz CT molecular complexity index is 409. The lowest BCUT2D eigenvalue weighted by atomic mass is 9.92. The fraction of sp³-hybridized carbons (Fsp3) is 0.600. The summed E-state index contributed by atoms with van der Waals surface area (Å²) < 4.78 is 5.44. The molecular weight excluding hydrogens is 226 g/mol. The van der Waals surface area contributed by atoms with Crippen molar-refractivity contribution in [1.82, 2.24) is 0 Å². The zero-order valence-corrected chi connectivity index (χ0v) is 11.5. The van der Waals surface area contributed by atoms with Crippen molar-refractivity contribution in [2.75, 3.05) is 12.4 Å². The van der Waals surface area contributed by atoms with Crippen LogP contribution in [-0.2, 0) is 0 Å². The van der Waals surface area contributed by atoms with Crippen molar-refractivity contribution >= 4 is 5.69 Å². The Hall–Kier alpha value is -1.22. The Balaban J connectivity index is 2.10. The number of rotatable bonds is 3. The summed E-state index contributed by atoms with van der Waals surface area (Å²) in [6, 6.07) is 4.68. The molecule has 1 fully saturated rings. The van der Waals surface area contributed by atoms with Gasteiger partial charge >= 0.3 is 0 Å². The first kappa shape index (κ1) is 13.2. The van der Waals surface area contributed by atoms with Gasteiger partial charge in [-0.05, 0) is 51.2 Å². The summed E-state index contributed by atoms with van der Waals surface area (Å²) in [5.74, 6) is 0.968. The van der Waals surface area contributed by atoms with E-state index < -0.39 is 0 Å². The highest BCUT2D eigenvalue weighted by Crippen LogP contribution is 2.31. The highest BCUT2D eigenvalue weighted by Gasteiger charge is 2.20. The summed E-state index contributed by atoms with van der Waals surface area (Å²) in [5, 5.41) is 13.1. The lowest BCUT2D eigenvalue weighted by molar-refractivity contribution is 0.126. The molecule has 3 nitrogen and oxygen atoms in total. The number of aryl methyl sites for hydroxylation is 1. The van der Waals surface area contributed by atoms with Gasteiger partial charge in [-0.1, -0.05) is 6.07 Å². The first-order chi connectivity index (χ1) is 8.61. The predicted molar refractivity (Wildman–Crippen MR) is 74.4 cm³/mol. The quantitative estimate of drug-likeness (QED) is 0.865. The van der Waals surface area contributed by atoms with E-state index in [9.17, 15) is 5.11 Å². The number of nitrogens with one attached hydrogen (secondary N) is 1. The van der Waals surface area contributed by atoms with Gasteiger partial charge in [0.05, 0.1) is 13.2 Å². The normalized spacial score (nSPS) is 23.8. The summed E-state index contributed by atoms with van der Waals surface area (Å²) in [5.41, 5.74) is 3.49. The Morgan fingerprint density at radius 2 is 1.83 bits per heavy atom. The number of aliphatic hydroxyl groups excluding tert-OH is 1. The fourth-order valence-corrected chi connectivity index (χ4v) is 2.74. The van der Waals surface area contributed by atoms with Crippen molar-refractivity contribution in [1.29, 1.82) is 0 Å². The molecule has 0 atom stereocenters. The second kappa shape index (κ2) is 5.61. The van der Waals surface area contributed by atoms with Gasteiger partial charge in [0.15, 0.2) is 0 Å². The summed E-state index contributed by atoms with van der Waals surface area (Å²) >= 11 is 0. The molecule has 2 N–H and O–H groups in total. The van der Waals surface area contributed by atoms with Gasteiger partial charge in [-0.3, -0.25) is 0 Å². The Morgan fingerprint density at radius 3 is 2.44 bits per heavy atom. The first-order valence-corrected chi connectivity index (χ1v) is 6.70. The van der Waals surface area contributed by atoms with E-state index in [0.29, 0.717) is 6.04 Å². The molecule has 18 heavy (non-hydrogen) atoms. The summed E-state index contributed by atoms with van der Waals surface area (Å²) in [6.45, 7) is 4.15. The topological polar surface area (TPSA) is 41.5 Å². The third-order valence-electron chi connectivity index (χ3n) is 3.86. The van der Waals surface area contributed by atoms with Crippen molar-refractivity contribution < 1.29 is 9.84 Å². The molecule has 1 aromatic carbocycles. The van der Waals surface area contributed by atoms with Gasteiger partial charge in [-0.15, -0.1) is 0 Å². The smallest absolute Gasteiger partial charge is 0.126 e. The predicted octanol–water partition coefficient (Wildman–Crippen LogP) is 3.03. The van der Waals surface area contributed by atoms with Crippen LogP contribution in [0.3, 0.4) is 0 Å². The highest BCUT2D eigenvalue weighted by molar-refractivity contribution is 5.60. The molecule has 0 aliphatic heterocycles. The van der Waals surface area contributed by atoms with Crippen LogP contribution in [0.25, 0.3) is 0 Å². The molecule has 0 unspecified atom stereocenters. The maximum atomic E-state index is 9.52. The van der Waals surface area contributed by atoms with E-state index in [2.05, 4.69) is 31.3 Å². The van der Waals surface area contributed by atoms with Gasteiger partial charge in [-0.25, -0.2) is 0 Å². The van der Waals surface area contributed by atoms with E-state index in [-0.39, 0.29) is 6.10 Å². The van der Waals surface area contributed by atoms with Crippen LogP contribution in [0.2, 0.25) is 0 Å². The molecule has 0 bridgehead atoms. The second-order valence-electron chi connectivity index (χ2n) is 5.24. The molecule has 1 aliphatic carbocycles. The van der Waals surface area contributed by atoms with E-state index in [4.69, 9.17) is 4.74 Å². The largest absolute Gasteiger partial charge is 0.496 e. The van der Waals surface area contributed by atoms with Crippen LogP contribution >= 0.6 is 0 Å². The Kier molecular flexibility index (Phi) is 4.12. The minimum absolute atomic E-state index is 0.100. The first-order valence-electron chi connectivity index (χ1n) is 6.70. The van der Waals surface area contributed by atoms with Crippen LogP contribution in [0.4, 0.5) is 5.69 Å². The highest BCUT2D eigenvalue weighted by atomic mass is 16.5. The molecule has 0 aromatic heterocycles. The van der Waals surface area contributed by atoms with Gasteiger partial charge in [0.25, 0.3) is 0 Å². The van der Waals surface area contributed by atoms with E-state index in [1.54, 1.807) is 7.11 Å². The van der Waals surface area contributed by atoms with Gasteiger partial charge in [0, 0.05) is 17.3 Å². The van der Waals surface area contributed by atoms with E-state index in [1.165, 1.54) is 11.1 Å². The van der Waals surface area contributed by atoms with E-state index in [0.717, 1.165) is 37.1 Å². The molecule has 100 valence electrons. The molecular formula is C15H23NO2. The number of ether oxygens (including phenoxy) is 1. The van der Waals surface area contributed by atoms with Crippen LogP contribution in [0, 0.1) is 13.8 Å². The minimum atomic E-state index is -0.100. The number of anilines is 1. The molecule has 0 radical (unpaired) electrons. The van der Waals surface area contributed by atoms with Gasteiger partial charge in [0.1, 0.15) is 5.75 Å². The maximum absolute atomic E-state index is 9.52. The zero-order valence-electron chi connectivity index (χ0n) is 11.5. The monoisotopic (exact) mass is 249 g/mol. The third-order valence-corrected chi connectivity index (χ3v) is 3.86. The lowest BCUT2D eigenvalue weighted by Gasteiger charge is -2.28. The van der Waals surface area contributed by atoms with E-state index in [1.807, 2.05) is 0 Å². The summed E-state index contributed by atoms with van der Waals surface area (Å²) in [4.78, 5) is 0. The van der Waals surface area contributed by atoms with Crippen molar-refractivity contribution in [3.05, 3.63) is 23.3 Å². The zero-order chi connectivity index (χ0) is 13.1. The van der Waals surface area contributed by atoms with Crippen LogP contribution in [-0.4, -0.2) is 24.4 Å². The van der Waals surface area contributed by atoms with E-state index >= 15 is 0 Å². The maximum Gasteiger partial charge on any atom is 0.126 e. The summed E-state index contributed by atoms with van der Waals surface area (Å²) in [7, 11) is 1.72. The molecule has 0 saturated heterocycles. The van der Waals surface area contributed by atoms with Crippen molar-refractivity contribution in [3.8, 4) is 5.75 Å². The average molecular weight is 249 g/mol. The van der Waals surface area contributed by atoms with Crippen LogP contribution in [0.5, 0.6) is 5.75 Å². The summed E-state index contributed by atoms with van der Waals surface area (Å²) in [6.07, 6.45) is 3.78. The second-order valence-corrected chi connectivity index (χ2v) is 5.24. The molecule has 1 aliphatic rings. The number of methoxy groups -OCH3 is 1. The Labute approximate surface area is 109 Å². The van der Waals surface area contributed by atoms with Crippen molar-refractivity contribution in [3.63, 3.8) is 0 Å². The minimum Gasteiger partial charge on any atom is -0.496 e. The number of hydrogen-bond acceptors (Lipinski definition) is 3. The van der Waals surface area contributed by atoms with Crippen LogP contribution in [0.15, 0.2) is 12.1 Å². The molecule has 0 spiro atoms. The standard InChI is InChI=1S/C15H23NO2/c1-10-4-9-14(11(2)15(10)18-3)16-12-5-7-13(17)8-6-12/h4,9,12-13,16-17H,5-8H2,1-3H3. The fourth-order valence-electron chi connectivity index (χ4n) is 2.74. The van der Waals surface area contributed by atoms with Crippen LogP contribution < -0.4 is 10.1 Å². The molecule has 1 aromatic rings. The number of aliphatic hydroxyl groups is 1. The third kappa shape index (κ3) is 2.78. The molecule has 0 amide bonds. The van der Waals surface area contributed by atoms with Gasteiger partial charge in [0.2, 0.25) is 0 Å². The van der Waals surface area contributed by atoms with Gasteiger partial charge < -0.3 is 15.2 Å².